The Morgan fingerprint density at radius 3 is 2.81 bits per heavy atom. The van der Waals surface area contributed by atoms with E-state index in [0.29, 0.717) is 5.56 Å². The number of aromatic nitrogens is 3. The summed E-state index contributed by atoms with van der Waals surface area (Å²) in [6.07, 6.45) is 5.07. The third-order valence-electron chi connectivity index (χ3n) is 3.25. The van der Waals surface area contributed by atoms with Gasteiger partial charge in [-0.05, 0) is 58.1 Å². The highest BCUT2D eigenvalue weighted by Gasteiger charge is 2.05. The van der Waals surface area contributed by atoms with Crippen molar-refractivity contribution in [2.24, 2.45) is 0 Å². The van der Waals surface area contributed by atoms with Gasteiger partial charge in [0, 0.05) is 0 Å². The maximum Gasteiger partial charge on any atom is 0.335 e. The number of nitrogens with zero attached hydrogens (tertiary/aromatic N) is 3. The zero-order chi connectivity index (χ0) is 14.8. The van der Waals surface area contributed by atoms with Gasteiger partial charge in [0.1, 0.15) is 4.60 Å². The van der Waals surface area contributed by atoms with Crippen molar-refractivity contribution in [3.8, 4) is 0 Å². The van der Waals surface area contributed by atoms with Gasteiger partial charge < -0.3 is 5.11 Å². The second-order valence-electron chi connectivity index (χ2n) is 4.72. The molecule has 0 bridgehead atoms. The zero-order valence-electron chi connectivity index (χ0n) is 11.0. The van der Waals surface area contributed by atoms with E-state index in [0.717, 1.165) is 34.2 Å². The second kappa shape index (κ2) is 5.65. The predicted octanol–water partition coefficient (Wildman–Crippen LogP) is 2.98. The van der Waals surface area contributed by atoms with E-state index in [1.807, 2.05) is 12.1 Å². The average Bonchev–Trinajstić information content (AvgIpc) is 2.86. The van der Waals surface area contributed by atoms with Crippen molar-refractivity contribution in [1.29, 1.82) is 0 Å². The first-order valence-corrected chi connectivity index (χ1v) is 7.23. The topological polar surface area (TPSA) is 67.5 Å². The van der Waals surface area contributed by atoms with Crippen molar-refractivity contribution in [3.63, 3.8) is 0 Å². The van der Waals surface area contributed by atoms with Crippen LogP contribution in [0.3, 0.4) is 0 Å². The first-order chi connectivity index (χ1) is 10.1. The van der Waals surface area contributed by atoms with Crippen molar-refractivity contribution in [3.05, 3.63) is 64.0 Å². The fourth-order valence-corrected chi connectivity index (χ4v) is 2.55. The molecule has 0 saturated carbocycles. The van der Waals surface area contributed by atoms with Gasteiger partial charge in [0.15, 0.2) is 5.65 Å². The molecule has 0 unspecified atom stereocenters. The molecule has 2 heterocycles. The van der Waals surface area contributed by atoms with E-state index in [2.05, 4.69) is 26.0 Å². The molecule has 2 aromatic heterocycles. The van der Waals surface area contributed by atoms with E-state index in [1.165, 1.54) is 0 Å². The average molecular weight is 346 g/mol. The number of carbonyl (C=O) groups is 1. The molecule has 0 spiro atoms. The van der Waals surface area contributed by atoms with Crippen LogP contribution in [0.25, 0.3) is 5.65 Å². The lowest BCUT2D eigenvalue weighted by Gasteiger charge is -2.04. The van der Waals surface area contributed by atoms with Crippen molar-refractivity contribution in [2.75, 3.05) is 0 Å². The lowest BCUT2D eigenvalue weighted by atomic mass is 10.0. The van der Waals surface area contributed by atoms with E-state index in [-0.39, 0.29) is 0 Å². The molecule has 0 aliphatic heterocycles. The minimum atomic E-state index is -0.901. The number of aromatic carboxylic acids is 1. The van der Waals surface area contributed by atoms with Gasteiger partial charge in [-0.1, -0.05) is 12.1 Å². The third-order valence-corrected chi connectivity index (χ3v) is 3.79. The minimum Gasteiger partial charge on any atom is -0.478 e. The number of carboxylic acids is 1. The summed E-state index contributed by atoms with van der Waals surface area (Å²) in [4.78, 5) is 15.2. The molecule has 0 radical (unpaired) electrons. The third kappa shape index (κ3) is 2.95. The number of fused-ring (bicyclic) bond motifs is 1. The number of rotatable bonds is 4. The minimum absolute atomic E-state index is 0.318. The van der Waals surface area contributed by atoms with Crippen LogP contribution in [0.5, 0.6) is 0 Å². The number of hydrogen-bond acceptors (Lipinski definition) is 3. The Morgan fingerprint density at radius 1 is 1.19 bits per heavy atom. The lowest BCUT2D eigenvalue weighted by molar-refractivity contribution is 0.0697. The van der Waals surface area contributed by atoms with Gasteiger partial charge in [-0.2, -0.15) is 5.10 Å². The molecule has 6 heteroatoms. The summed E-state index contributed by atoms with van der Waals surface area (Å²) in [5.74, 6) is -0.901. The molecule has 1 aromatic carbocycles. The Bertz CT molecular complexity index is 814. The first-order valence-electron chi connectivity index (χ1n) is 6.44. The fourth-order valence-electron chi connectivity index (χ4n) is 2.17. The van der Waals surface area contributed by atoms with Crippen LogP contribution in [0.15, 0.2) is 47.3 Å². The van der Waals surface area contributed by atoms with E-state index in [1.54, 1.807) is 35.1 Å². The molecule has 3 rings (SSSR count). The largest absolute Gasteiger partial charge is 0.478 e. The van der Waals surface area contributed by atoms with Crippen LogP contribution in [-0.2, 0) is 12.8 Å². The van der Waals surface area contributed by atoms with E-state index >= 15 is 0 Å². The predicted molar refractivity (Wildman–Crippen MR) is 81.5 cm³/mol. The van der Waals surface area contributed by atoms with E-state index < -0.39 is 5.97 Å². The molecular formula is C15H12BrN3O2. The Labute approximate surface area is 129 Å². The van der Waals surface area contributed by atoms with Crippen LogP contribution in [-0.4, -0.2) is 25.7 Å². The Kier molecular flexibility index (Phi) is 3.70. The summed E-state index contributed by atoms with van der Waals surface area (Å²) >= 11 is 3.37. The zero-order valence-corrected chi connectivity index (χ0v) is 12.6. The highest BCUT2D eigenvalue weighted by atomic mass is 79.9. The molecule has 1 N–H and O–H groups in total. The van der Waals surface area contributed by atoms with Crippen LogP contribution >= 0.6 is 15.9 Å². The van der Waals surface area contributed by atoms with Gasteiger partial charge in [0.2, 0.25) is 0 Å². The highest BCUT2D eigenvalue weighted by Crippen LogP contribution is 2.14. The number of halogens is 1. The highest BCUT2D eigenvalue weighted by molar-refractivity contribution is 9.10. The smallest absolute Gasteiger partial charge is 0.335 e. The van der Waals surface area contributed by atoms with Crippen LogP contribution < -0.4 is 0 Å². The molecule has 5 nitrogen and oxygen atoms in total. The summed E-state index contributed by atoms with van der Waals surface area (Å²) in [6.45, 7) is 0. The van der Waals surface area contributed by atoms with Gasteiger partial charge >= 0.3 is 5.97 Å². The molecule has 0 aliphatic carbocycles. The molecule has 0 aliphatic rings. The van der Waals surface area contributed by atoms with E-state index in [9.17, 15) is 4.79 Å². The van der Waals surface area contributed by atoms with Gasteiger partial charge in [-0.15, -0.1) is 0 Å². The van der Waals surface area contributed by atoms with Crippen LogP contribution in [0.4, 0.5) is 0 Å². The Balaban J connectivity index is 1.76. The standard InChI is InChI=1S/C15H12BrN3O2/c16-13-9-17-14-7-11(8-18-19(13)14)5-4-10-2-1-3-12(6-10)15(20)21/h1-3,6-9H,4-5H2,(H,20,21). The SMILES string of the molecule is O=C(O)c1cccc(CCc2cnn3c(Br)cnc3c2)c1. The lowest BCUT2D eigenvalue weighted by Crippen LogP contribution is -1.99. The maximum atomic E-state index is 11.0. The number of hydrogen-bond donors (Lipinski definition) is 1. The van der Waals surface area contributed by atoms with Gasteiger partial charge in [-0.3, -0.25) is 0 Å². The van der Waals surface area contributed by atoms with Crippen LogP contribution in [0.2, 0.25) is 0 Å². The molecular weight excluding hydrogens is 334 g/mol. The molecule has 0 amide bonds. The summed E-state index contributed by atoms with van der Waals surface area (Å²) in [6, 6.07) is 9.00. The van der Waals surface area contributed by atoms with Crippen molar-refractivity contribution in [1.82, 2.24) is 14.6 Å². The van der Waals surface area contributed by atoms with Crippen LogP contribution in [0, 0.1) is 0 Å². The summed E-state index contributed by atoms with van der Waals surface area (Å²) < 4.78 is 2.53. The van der Waals surface area contributed by atoms with Crippen LogP contribution in [0.1, 0.15) is 21.5 Å². The number of carboxylic acid groups (broad SMARTS) is 1. The van der Waals surface area contributed by atoms with Crippen molar-refractivity contribution in [2.45, 2.75) is 12.8 Å². The number of benzene rings is 1. The number of aryl methyl sites for hydroxylation is 2. The normalized spacial score (nSPS) is 10.9. The number of imidazole rings is 1. The fraction of sp³-hybridized carbons (Fsp3) is 0.133. The summed E-state index contributed by atoms with van der Waals surface area (Å²) in [5, 5.41) is 13.3. The quantitative estimate of drug-likeness (QED) is 0.789. The first kappa shape index (κ1) is 13.8. The van der Waals surface area contributed by atoms with Crippen molar-refractivity contribution >= 4 is 27.5 Å². The molecule has 21 heavy (non-hydrogen) atoms. The molecule has 0 atom stereocenters. The molecule has 106 valence electrons. The van der Waals surface area contributed by atoms with Gasteiger partial charge in [0.05, 0.1) is 18.0 Å². The van der Waals surface area contributed by atoms with Gasteiger partial charge in [0.25, 0.3) is 0 Å². The Hall–Kier alpha value is -2.21. The maximum absolute atomic E-state index is 11.0. The van der Waals surface area contributed by atoms with E-state index in [4.69, 9.17) is 5.11 Å². The Morgan fingerprint density at radius 2 is 2.00 bits per heavy atom. The monoisotopic (exact) mass is 345 g/mol. The van der Waals surface area contributed by atoms with Crippen molar-refractivity contribution < 1.29 is 9.90 Å². The summed E-state index contributed by atoms with van der Waals surface area (Å²) in [5.41, 5.74) is 3.18. The molecule has 3 aromatic rings. The summed E-state index contributed by atoms with van der Waals surface area (Å²) in [7, 11) is 0. The van der Waals surface area contributed by atoms with Gasteiger partial charge in [-0.25, -0.2) is 14.3 Å². The molecule has 0 fully saturated rings. The molecule has 0 saturated heterocycles. The second-order valence-corrected chi connectivity index (χ2v) is 5.53.